The normalized spacial score (nSPS) is 11.9. The summed E-state index contributed by atoms with van der Waals surface area (Å²) in [6, 6.07) is 13.1. The van der Waals surface area contributed by atoms with Crippen molar-refractivity contribution in [3.05, 3.63) is 63.5 Å². The Balaban J connectivity index is 2.01. The van der Waals surface area contributed by atoms with E-state index in [4.69, 9.17) is 5.73 Å². The van der Waals surface area contributed by atoms with E-state index in [-0.39, 0.29) is 11.7 Å². The number of amides is 1. The summed E-state index contributed by atoms with van der Waals surface area (Å²) in [5, 5.41) is 2.72. The first kappa shape index (κ1) is 14.9. The Kier molecular flexibility index (Phi) is 5.08. The first-order valence-electron chi connectivity index (χ1n) is 6.11. The maximum atomic E-state index is 13.0. The van der Waals surface area contributed by atoms with E-state index in [0.717, 1.165) is 5.56 Å². The van der Waals surface area contributed by atoms with Crippen molar-refractivity contribution in [2.24, 2.45) is 5.73 Å². The number of hydrogen-bond donors (Lipinski definition) is 2. The fourth-order valence-corrected chi connectivity index (χ4v) is 2.39. The fourth-order valence-electron chi connectivity index (χ4n) is 1.78. The van der Waals surface area contributed by atoms with Gasteiger partial charge in [0.2, 0.25) is 5.91 Å². The molecule has 2 aromatic rings. The van der Waals surface area contributed by atoms with Gasteiger partial charge in [-0.15, -0.1) is 0 Å². The Morgan fingerprint density at radius 3 is 2.60 bits per heavy atom. The van der Waals surface area contributed by atoms with Crippen molar-refractivity contribution < 1.29 is 9.18 Å². The van der Waals surface area contributed by atoms with Gasteiger partial charge in [-0.05, 0) is 52.8 Å². The van der Waals surface area contributed by atoms with Crippen LogP contribution in [0.1, 0.15) is 5.56 Å². The highest BCUT2D eigenvalue weighted by Gasteiger charge is 2.15. The molecule has 20 heavy (non-hydrogen) atoms. The van der Waals surface area contributed by atoms with Gasteiger partial charge in [0.25, 0.3) is 0 Å². The third-order valence-electron chi connectivity index (χ3n) is 2.82. The third-order valence-corrected chi connectivity index (χ3v) is 3.72. The molecule has 0 bridgehead atoms. The average Bonchev–Trinajstić information content (AvgIpc) is 2.43. The molecule has 0 heterocycles. The lowest BCUT2D eigenvalue weighted by Gasteiger charge is -2.13. The number of carbonyl (C=O) groups is 1. The fraction of sp³-hybridized carbons (Fsp3) is 0.133. The van der Waals surface area contributed by atoms with Gasteiger partial charge in [0.05, 0.1) is 11.7 Å². The van der Waals surface area contributed by atoms with Gasteiger partial charge in [0.1, 0.15) is 5.82 Å². The molecular formula is C15H14FIN2O. The Morgan fingerprint density at radius 1 is 1.25 bits per heavy atom. The van der Waals surface area contributed by atoms with E-state index in [1.165, 1.54) is 18.2 Å². The molecule has 0 saturated carbocycles. The van der Waals surface area contributed by atoms with E-state index in [1.807, 2.05) is 52.9 Å². The first-order valence-corrected chi connectivity index (χ1v) is 7.19. The lowest BCUT2D eigenvalue weighted by Crippen LogP contribution is -2.37. The molecular weight excluding hydrogens is 370 g/mol. The molecule has 0 radical (unpaired) electrons. The maximum absolute atomic E-state index is 13.0. The number of nitrogens with two attached hydrogens (primary N) is 1. The smallest absolute Gasteiger partial charge is 0.241 e. The van der Waals surface area contributed by atoms with Crippen LogP contribution in [0, 0.1) is 9.39 Å². The molecule has 0 fully saturated rings. The molecule has 104 valence electrons. The van der Waals surface area contributed by atoms with E-state index in [0.29, 0.717) is 15.7 Å². The highest BCUT2D eigenvalue weighted by atomic mass is 127. The maximum Gasteiger partial charge on any atom is 0.241 e. The Morgan fingerprint density at radius 2 is 1.95 bits per heavy atom. The van der Waals surface area contributed by atoms with E-state index < -0.39 is 6.04 Å². The van der Waals surface area contributed by atoms with Crippen LogP contribution in [0.2, 0.25) is 0 Å². The molecule has 0 aliphatic carbocycles. The van der Waals surface area contributed by atoms with Crippen molar-refractivity contribution in [2.45, 2.75) is 12.5 Å². The molecule has 5 heteroatoms. The SMILES string of the molecule is N[C@@H](Cc1ccccc1)C(=O)Nc1ccc(F)cc1I. The highest BCUT2D eigenvalue weighted by molar-refractivity contribution is 14.1. The predicted molar refractivity (Wildman–Crippen MR) is 85.9 cm³/mol. The minimum atomic E-state index is -0.641. The molecule has 0 unspecified atom stereocenters. The monoisotopic (exact) mass is 384 g/mol. The third kappa shape index (κ3) is 4.01. The van der Waals surface area contributed by atoms with Gasteiger partial charge in [-0.2, -0.15) is 0 Å². The van der Waals surface area contributed by atoms with Crippen molar-refractivity contribution in [2.75, 3.05) is 5.32 Å². The zero-order valence-corrected chi connectivity index (χ0v) is 12.8. The molecule has 0 aliphatic heterocycles. The van der Waals surface area contributed by atoms with E-state index >= 15 is 0 Å². The lowest BCUT2D eigenvalue weighted by atomic mass is 10.1. The topological polar surface area (TPSA) is 55.1 Å². The van der Waals surface area contributed by atoms with Crippen LogP contribution in [0.25, 0.3) is 0 Å². The largest absolute Gasteiger partial charge is 0.324 e. The van der Waals surface area contributed by atoms with Crippen LogP contribution < -0.4 is 11.1 Å². The van der Waals surface area contributed by atoms with Crippen molar-refractivity contribution >= 4 is 34.2 Å². The van der Waals surface area contributed by atoms with Crippen molar-refractivity contribution in [3.63, 3.8) is 0 Å². The summed E-state index contributed by atoms with van der Waals surface area (Å²) in [5.74, 6) is -0.612. The summed E-state index contributed by atoms with van der Waals surface area (Å²) in [7, 11) is 0. The number of halogens is 2. The molecule has 0 saturated heterocycles. The standard InChI is InChI=1S/C15H14FIN2O/c16-11-6-7-14(12(17)9-11)19-15(20)13(18)8-10-4-2-1-3-5-10/h1-7,9,13H,8,18H2,(H,19,20)/t13-/m0/s1. The van der Waals surface area contributed by atoms with Gasteiger partial charge in [0, 0.05) is 3.57 Å². The molecule has 1 atom stereocenters. The number of rotatable bonds is 4. The van der Waals surface area contributed by atoms with Gasteiger partial charge in [-0.25, -0.2) is 4.39 Å². The summed E-state index contributed by atoms with van der Waals surface area (Å²) < 4.78 is 13.6. The lowest BCUT2D eigenvalue weighted by molar-refractivity contribution is -0.117. The summed E-state index contributed by atoms with van der Waals surface area (Å²) >= 11 is 1.97. The summed E-state index contributed by atoms with van der Waals surface area (Å²) in [4.78, 5) is 12.0. The average molecular weight is 384 g/mol. The van der Waals surface area contributed by atoms with Crippen LogP contribution in [-0.4, -0.2) is 11.9 Å². The van der Waals surface area contributed by atoms with Crippen LogP contribution >= 0.6 is 22.6 Å². The molecule has 2 aromatic carbocycles. The molecule has 3 N–H and O–H groups in total. The van der Waals surface area contributed by atoms with E-state index in [1.54, 1.807) is 0 Å². The zero-order valence-electron chi connectivity index (χ0n) is 10.6. The number of benzene rings is 2. The molecule has 0 aliphatic rings. The van der Waals surface area contributed by atoms with Crippen LogP contribution in [0.5, 0.6) is 0 Å². The molecule has 1 amide bonds. The summed E-state index contributed by atoms with van der Waals surface area (Å²) in [6.07, 6.45) is 0.463. The van der Waals surface area contributed by atoms with Gasteiger partial charge in [0.15, 0.2) is 0 Å². The number of anilines is 1. The Hall–Kier alpha value is -1.47. The van der Waals surface area contributed by atoms with Gasteiger partial charge in [-0.1, -0.05) is 30.3 Å². The number of nitrogens with one attached hydrogen (secondary N) is 1. The van der Waals surface area contributed by atoms with Gasteiger partial charge in [-0.3, -0.25) is 4.79 Å². The van der Waals surface area contributed by atoms with Crippen LogP contribution in [-0.2, 0) is 11.2 Å². The van der Waals surface area contributed by atoms with E-state index in [2.05, 4.69) is 5.32 Å². The molecule has 3 nitrogen and oxygen atoms in total. The minimum Gasteiger partial charge on any atom is -0.324 e. The van der Waals surface area contributed by atoms with Crippen molar-refractivity contribution in [1.29, 1.82) is 0 Å². The predicted octanol–water partition coefficient (Wildman–Crippen LogP) is 2.94. The second-order valence-electron chi connectivity index (χ2n) is 4.41. The second-order valence-corrected chi connectivity index (χ2v) is 5.57. The zero-order chi connectivity index (χ0) is 14.5. The van der Waals surface area contributed by atoms with Crippen LogP contribution in [0.15, 0.2) is 48.5 Å². The molecule has 0 spiro atoms. The second kappa shape index (κ2) is 6.81. The number of carbonyl (C=O) groups excluding carboxylic acids is 1. The van der Waals surface area contributed by atoms with Crippen LogP contribution in [0.3, 0.4) is 0 Å². The van der Waals surface area contributed by atoms with E-state index in [9.17, 15) is 9.18 Å². The quantitative estimate of drug-likeness (QED) is 0.797. The van der Waals surface area contributed by atoms with Crippen LogP contribution in [0.4, 0.5) is 10.1 Å². The van der Waals surface area contributed by atoms with Crippen molar-refractivity contribution in [1.82, 2.24) is 0 Å². The van der Waals surface area contributed by atoms with Gasteiger partial charge < -0.3 is 11.1 Å². The minimum absolute atomic E-state index is 0.279. The number of hydrogen-bond acceptors (Lipinski definition) is 2. The highest BCUT2D eigenvalue weighted by Crippen LogP contribution is 2.19. The Labute approximate surface area is 130 Å². The first-order chi connectivity index (χ1) is 9.56. The summed E-state index contributed by atoms with van der Waals surface area (Å²) in [6.45, 7) is 0. The molecule has 2 rings (SSSR count). The molecule has 0 aromatic heterocycles. The van der Waals surface area contributed by atoms with Gasteiger partial charge >= 0.3 is 0 Å². The Bertz CT molecular complexity index is 604. The summed E-state index contributed by atoms with van der Waals surface area (Å²) in [5.41, 5.74) is 7.46. The van der Waals surface area contributed by atoms with Crippen molar-refractivity contribution in [3.8, 4) is 0 Å².